The highest BCUT2D eigenvalue weighted by Crippen LogP contribution is 2.34. The molecule has 1 aromatic carbocycles. The third-order valence-electron chi connectivity index (χ3n) is 4.06. The van der Waals surface area contributed by atoms with E-state index in [1.165, 1.54) is 22.5 Å². The first-order chi connectivity index (χ1) is 10.7. The maximum absolute atomic E-state index is 12.1. The first-order valence-electron chi connectivity index (χ1n) is 7.64. The van der Waals surface area contributed by atoms with Crippen LogP contribution in [0.25, 0.3) is 0 Å². The van der Waals surface area contributed by atoms with Gasteiger partial charge >= 0.3 is 0 Å². The van der Waals surface area contributed by atoms with Crippen LogP contribution in [-0.4, -0.2) is 22.6 Å². The number of aryl methyl sites for hydroxylation is 2. The number of nitrogen functional groups attached to an aromatic ring is 1. The van der Waals surface area contributed by atoms with Crippen molar-refractivity contribution in [1.29, 1.82) is 0 Å². The number of nitrogens with two attached hydrogens (primary N) is 1. The molecule has 3 rings (SSSR count). The zero-order valence-corrected chi connectivity index (χ0v) is 13.2. The average molecular weight is 316 g/mol. The van der Waals surface area contributed by atoms with Gasteiger partial charge in [-0.15, -0.1) is 10.2 Å². The molecule has 0 aliphatic heterocycles. The van der Waals surface area contributed by atoms with Crippen LogP contribution in [0.5, 0.6) is 0 Å². The predicted octanol–water partition coefficient (Wildman–Crippen LogP) is 2.29. The van der Waals surface area contributed by atoms with Crippen LogP contribution >= 0.6 is 11.3 Å². The summed E-state index contributed by atoms with van der Waals surface area (Å²) in [6.45, 7) is 0.673. The first kappa shape index (κ1) is 15.0. The molecule has 1 aromatic heterocycles. The Balaban J connectivity index is 1.40. The second kappa shape index (κ2) is 6.87. The number of benzene rings is 1. The zero-order chi connectivity index (χ0) is 15.4. The molecular formula is C16H20N4OS. The fourth-order valence-electron chi connectivity index (χ4n) is 2.99. The summed E-state index contributed by atoms with van der Waals surface area (Å²) in [7, 11) is 0. The third kappa shape index (κ3) is 3.62. The molecule has 1 unspecified atom stereocenters. The minimum absolute atomic E-state index is 0.137. The Labute approximate surface area is 134 Å². The Hall–Kier alpha value is -1.95. The molecule has 2 aromatic rings. The number of aromatic nitrogens is 2. The maximum atomic E-state index is 12.1. The summed E-state index contributed by atoms with van der Waals surface area (Å²) in [5, 5.41) is 12.2. The van der Waals surface area contributed by atoms with Gasteiger partial charge in [-0.2, -0.15) is 0 Å². The van der Waals surface area contributed by atoms with Gasteiger partial charge in [-0.1, -0.05) is 35.6 Å². The number of carbonyl (C=O) groups is 1. The molecule has 1 heterocycles. The molecule has 0 saturated heterocycles. The average Bonchev–Trinajstić information content (AvgIpc) is 3.11. The summed E-state index contributed by atoms with van der Waals surface area (Å²) in [5.41, 5.74) is 8.28. The number of anilines is 1. The molecular weight excluding hydrogens is 296 g/mol. The largest absolute Gasteiger partial charge is 0.374 e. The lowest BCUT2D eigenvalue weighted by Gasteiger charge is -2.11. The monoisotopic (exact) mass is 316 g/mol. The van der Waals surface area contributed by atoms with Crippen molar-refractivity contribution in [2.24, 2.45) is 0 Å². The van der Waals surface area contributed by atoms with Gasteiger partial charge in [0.25, 0.3) is 0 Å². The normalized spacial score (nSPS) is 16.5. The number of hydrogen-bond donors (Lipinski definition) is 2. The Morgan fingerprint density at radius 3 is 3.05 bits per heavy atom. The molecule has 6 heteroatoms. The van der Waals surface area contributed by atoms with E-state index in [1.54, 1.807) is 0 Å². The number of carbonyl (C=O) groups excluding carboxylic acids is 1. The lowest BCUT2D eigenvalue weighted by atomic mass is 9.97. The van der Waals surface area contributed by atoms with Gasteiger partial charge in [-0.3, -0.25) is 4.79 Å². The Bertz CT molecular complexity index is 655. The summed E-state index contributed by atoms with van der Waals surface area (Å²) in [6, 6.07) is 8.45. The molecule has 1 amide bonds. The van der Waals surface area contributed by atoms with E-state index in [-0.39, 0.29) is 5.91 Å². The van der Waals surface area contributed by atoms with Crippen LogP contribution in [0.4, 0.5) is 5.13 Å². The second-order valence-electron chi connectivity index (χ2n) is 5.63. The maximum Gasteiger partial charge on any atom is 0.220 e. The predicted molar refractivity (Wildman–Crippen MR) is 87.8 cm³/mol. The molecule has 1 atom stereocenters. The molecule has 0 radical (unpaired) electrons. The van der Waals surface area contributed by atoms with Crippen molar-refractivity contribution in [3.63, 3.8) is 0 Å². The second-order valence-corrected chi connectivity index (χ2v) is 6.72. The summed E-state index contributed by atoms with van der Waals surface area (Å²) in [5.74, 6) is 0.512. The van der Waals surface area contributed by atoms with E-state index in [0.717, 1.165) is 30.7 Å². The van der Waals surface area contributed by atoms with E-state index in [1.807, 2.05) is 0 Å². The Kier molecular flexibility index (Phi) is 4.68. The number of nitrogens with zero attached hydrogens (tertiary/aromatic N) is 2. The molecule has 5 nitrogen and oxygen atoms in total. The van der Waals surface area contributed by atoms with Gasteiger partial charge < -0.3 is 11.1 Å². The van der Waals surface area contributed by atoms with Crippen molar-refractivity contribution in [3.05, 3.63) is 40.4 Å². The van der Waals surface area contributed by atoms with Gasteiger partial charge in [0.2, 0.25) is 11.0 Å². The van der Waals surface area contributed by atoms with Crippen molar-refractivity contribution in [3.8, 4) is 0 Å². The minimum Gasteiger partial charge on any atom is -0.374 e. The van der Waals surface area contributed by atoms with Crippen LogP contribution in [0.2, 0.25) is 0 Å². The van der Waals surface area contributed by atoms with E-state index in [2.05, 4.69) is 39.8 Å². The Morgan fingerprint density at radius 1 is 1.36 bits per heavy atom. The van der Waals surface area contributed by atoms with E-state index in [9.17, 15) is 4.79 Å². The standard InChI is InChI=1S/C16H20N4OS/c17-16-20-19-15(22-16)6-3-9-18-14(21)10-12-8-7-11-4-1-2-5-13(11)12/h1-2,4-5,12H,3,6-10H2,(H2,17,20)(H,18,21). The molecule has 0 saturated carbocycles. The lowest BCUT2D eigenvalue weighted by Crippen LogP contribution is -2.26. The third-order valence-corrected chi connectivity index (χ3v) is 4.87. The number of hydrogen-bond acceptors (Lipinski definition) is 5. The number of fused-ring (bicyclic) bond motifs is 1. The molecule has 116 valence electrons. The number of amides is 1. The van der Waals surface area contributed by atoms with Gasteiger partial charge in [-0.25, -0.2) is 0 Å². The van der Waals surface area contributed by atoms with Crippen molar-refractivity contribution in [1.82, 2.24) is 15.5 Å². The van der Waals surface area contributed by atoms with Crippen LogP contribution in [0, 0.1) is 0 Å². The molecule has 0 fully saturated rings. The Morgan fingerprint density at radius 2 is 2.23 bits per heavy atom. The van der Waals surface area contributed by atoms with E-state index < -0.39 is 0 Å². The zero-order valence-electron chi connectivity index (χ0n) is 12.4. The highest BCUT2D eigenvalue weighted by Gasteiger charge is 2.23. The van der Waals surface area contributed by atoms with Crippen molar-refractivity contribution in [2.45, 2.75) is 38.0 Å². The molecule has 3 N–H and O–H groups in total. The summed E-state index contributed by atoms with van der Waals surface area (Å²) in [6.07, 6.45) is 4.43. The highest BCUT2D eigenvalue weighted by atomic mass is 32.1. The molecule has 1 aliphatic rings. The van der Waals surface area contributed by atoms with Gasteiger partial charge in [-0.05, 0) is 36.3 Å². The van der Waals surface area contributed by atoms with Gasteiger partial charge in [0.15, 0.2) is 0 Å². The molecule has 0 spiro atoms. The summed E-state index contributed by atoms with van der Waals surface area (Å²) >= 11 is 1.41. The van der Waals surface area contributed by atoms with Crippen LogP contribution in [0.3, 0.4) is 0 Å². The van der Waals surface area contributed by atoms with E-state index >= 15 is 0 Å². The molecule has 22 heavy (non-hydrogen) atoms. The molecule has 1 aliphatic carbocycles. The minimum atomic E-state index is 0.137. The van der Waals surface area contributed by atoms with Gasteiger partial charge in [0, 0.05) is 19.4 Å². The fraction of sp³-hybridized carbons (Fsp3) is 0.438. The first-order valence-corrected chi connectivity index (χ1v) is 8.46. The smallest absolute Gasteiger partial charge is 0.220 e. The SMILES string of the molecule is Nc1nnc(CCCNC(=O)CC2CCc3ccccc32)s1. The highest BCUT2D eigenvalue weighted by molar-refractivity contribution is 7.15. The van der Waals surface area contributed by atoms with Gasteiger partial charge in [0.05, 0.1) is 0 Å². The quantitative estimate of drug-likeness (QED) is 0.801. The van der Waals surface area contributed by atoms with Crippen LogP contribution in [-0.2, 0) is 17.6 Å². The molecule has 0 bridgehead atoms. The van der Waals surface area contributed by atoms with E-state index in [4.69, 9.17) is 5.73 Å². The van der Waals surface area contributed by atoms with Gasteiger partial charge in [0.1, 0.15) is 5.01 Å². The van der Waals surface area contributed by atoms with Crippen LogP contribution in [0.15, 0.2) is 24.3 Å². The summed E-state index contributed by atoms with van der Waals surface area (Å²) in [4.78, 5) is 12.1. The number of rotatable bonds is 6. The topological polar surface area (TPSA) is 80.9 Å². The van der Waals surface area contributed by atoms with Crippen LogP contribution < -0.4 is 11.1 Å². The summed E-state index contributed by atoms with van der Waals surface area (Å²) < 4.78 is 0. The fourth-order valence-corrected chi connectivity index (χ4v) is 3.64. The van der Waals surface area contributed by atoms with Crippen molar-refractivity contribution < 1.29 is 4.79 Å². The van der Waals surface area contributed by atoms with Crippen molar-refractivity contribution in [2.75, 3.05) is 12.3 Å². The van der Waals surface area contributed by atoms with Crippen LogP contribution in [0.1, 0.15) is 41.3 Å². The van der Waals surface area contributed by atoms with Crippen molar-refractivity contribution >= 4 is 22.4 Å². The van der Waals surface area contributed by atoms with E-state index in [0.29, 0.717) is 24.0 Å². The number of nitrogens with one attached hydrogen (secondary N) is 1. The lowest BCUT2D eigenvalue weighted by molar-refractivity contribution is -0.121.